The summed E-state index contributed by atoms with van der Waals surface area (Å²) in [6.45, 7) is 1.54. The van der Waals surface area contributed by atoms with Crippen LogP contribution in [0.4, 0.5) is 0 Å². The second-order valence-electron chi connectivity index (χ2n) is 6.96. The summed E-state index contributed by atoms with van der Waals surface area (Å²) in [5.74, 6) is -1.21. The molecule has 0 spiro atoms. The number of rotatable bonds is 7. The van der Waals surface area contributed by atoms with Gasteiger partial charge in [0.25, 0.3) is 5.91 Å². The summed E-state index contributed by atoms with van der Waals surface area (Å²) < 4.78 is 10.4. The highest BCUT2D eigenvalue weighted by Crippen LogP contribution is 2.25. The molecule has 154 valence electrons. The zero-order valence-corrected chi connectivity index (χ0v) is 16.2. The van der Waals surface area contributed by atoms with Gasteiger partial charge in [-0.1, -0.05) is 0 Å². The first-order valence-corrected chi connectivity index (χ1v) is 8.93. The number of carboxylic acids is 1. The Hall–Kier alpha value is -2.81. The second-order valence-corrected chi connectivity index (χ2v) is 6.96. The van der Waals surface area contributed by atoms with Gasteiger partial charge in [-0.2, -0.15) is 0 Å². The van der Waals surface area contributed by atoms with Crippen molar-refractivity contribution in [3.63, 3.8) is 0 Å². The van der Waals surface area contributed by atoms with Gasteiger partial charge in [-0.25, -0.2) is 4.79 Å². The summed E-state index contributed by atoms with van der Waals surface area (Å²) >= 11 is 0. The fourth-order valence-electron chi connectivity index (χ4n) is 2.94. The molecule has 2 rings (SSSR count). The number of hydrogen-bond acceptors (Lipinski definition) is 6. The molecule has 9 nitrogen and oxygen atoms in total. The van der Waals surface area contributed by atoms with Crippen LogP contribution in [0.1, 0.15) is 30.1 Å². The Kier molecular flexibility index (Phi) is 6.85. The number of ether oxygens (including phenoxy) is 2. The van der Waals surface area contributed by atoms with Crippen LogP contribution < -0.4 is 14.8 Å². The fraction of sp³-hybridized carbons (Fsp3) is 0.526. The number of nitrogens with one attached hydrogen (secondary N) is 1. The van der Waals surface area contributed by atoms with E-state index < -0.39 is 11.6 Å². The number of piperidine rings is 1. The van der Waals surface area contributed by atoms with Crippen molar-refractivity contribution < 1.29 is 34.1 Å². The van der Waals surface area contributed by atoms with Gasteiger partial charge in [-0.15, -0.1) is 0 Å². The Morgan fingerprint density at radius 1 is 1.14 bits per heavy atom. The number of amides is 2. The predicted molar refractivity (Wildman–Crippen MR) is 99.4 cm³/mol. The summed E-state index contributed by atoms with van der Waals surface area (Å²) in [6.07, 6.45) is 0.905. The van der Waals surface area contributed by atoms with E-state index in [1.165, 1.54) is 14.2 Å². The van der Waals surface area contributed by atoms with Crippen LogP contribution in [0, 0.1) is 5.92 Å². The molecule has 0 aromatic heterocycles. The molecule has 1 fully saturated rings. The van der Waals surface area contributed by atoms with Gasteiger partial charge in [0, 0.05) is 30.6 Å². The molecule has 1 saturated heterocycles. The van der Waals surface area contributed by atoms with Crippen LogP contribution in [0.2, 0.25) is 0 Å². The Bertz CT molecular complexity index is 718. The van der Waals surface area contributed by atoms with E-state index in [1.807, 2.05) is 0 Å². The highest BCUT2D eigenvalue weighted by molar-refractivity contribution is 5.95. The minimum atomic E-state index is -2.02. The minimum Gasteiger partial charge on any atom is -0.497 e. The lowest BCUT2D eigenvalue weighted by Crippen LogP contribution is -2.49. The number of methoxy groups -OCH3 is 2. The van der Waals surface area contributed by atoms with Gasteiger partial charge in [-0.3, -0.25) is 9.59 Å². The van der Waals surface area contributed by atoms with E-state index in [9.17, 15) is 19.5 Å². The molecule has 1 atom stereocenters. The molecule has 0 aliphatic carbocycles. The van der Waals surface area contributed by atoms with Gasteiger partial charge >= 0.3 is 5.97 Å². The minimum absolute atomic E-state index is 0.176. The lowest BCUT2D eigenvalue weighted by atomic mass is 9.95. The number of carbonyl (C=O) groups excluding carboxylic acids is 2. The van der Waals surface area contributed by atoms with Crippen molar-refractivity contribution in [2.75, 3.05) is 33.9 Å². The van der Waals surface area contributed by atoms with E-state index in [0.29, 0.717) is 43.0 Å². The molecule has 1 aliphatic rings. The average molecular weight is 394 g/mol. The molecular weight excluding hydrogens is 368 g/mol. The topological polar surface area (TPSA) is 125 Å². The van der Waals surface area contributed by atoms with E-state index in [2.05, 4.69) is 5.32 Å². The molecule has 1 unspecified atom stereocenters. The molecule has 1 aliphatic heterocycles. The van der Waals surface area contributed by atoms with E-state index in [-0.39, 0.29) is 24.3 Å². The van der Waals surface area contributed by atoms with Crippen molar-refractivity contribution >= 4 is 17.8 Å². The number of hydrogen-bond donors (Lipinski definition) is 3. The van der Waals surface area contributed by atoms with Crippen LogP contribution in [-0.2, 0) is 9.59 Å². The van der Waals surface area contributed by atoms with Crippen molar-refractivity contribution in [1.29, 1.82) is 0 Å². The molecule has 1 aromatic rings. The van der Waals surface area contributed by atoms with Gasteiger partial charge in [-0.05, 0) is 31.9 Å². The van der Waals surface area contributed by atoms with E-state index in [1.54, 1.807) is 23.1 Å². The van der Waals surface area contributed by atoms with E-state index in [0.717, 1.165) is 6.92 Å². The Morgan fingerprint density at radius 2 is 1.68 bits per heavy atom. The summed E-state index contributed by atoms with van der Waals surface area (Å²) in [7, 11) is 3.02. The van der Waals surface area contributed by atoms with Crippen LogP contribution in [0.15, 0.2) is 18.2 Å². The second kappa shape index (κ2) is 8.92. The van der Waals surface area contributed by atoms with Crippen LogP contribution >= 0.6 is 0 Å². The zero-order chi connectivity index (χ0) is 20.9. The first-order valence-electron chi connectivity index (χ1n) is 8.93. The number of carbonyl (C=O) groups is 3. The number of aliphatic carboxylic acids is 1. The summed E-state index contributed by atoms with van der Waals surface area (Å²) in [6, 6.07) is 4.95. The molecule has 2 amide bonds. The average Bonchev–Trinajstić information content (AvgIpc) is 2.71. The first-order chi connectivity index (χ1) is 13.2. The zero-order valence-electron chi connectivity index (χ0n) is 16.2. The molecule has 9 heteroatoms. The third-order valence-electron chi connectivity index (χ3n) is 4.82. The standard InChI is InChI=1S/C19H26N2O7/c1-19(26,18(24)25)11-20-16(22)12-4-6-21(7-5-12)17(23)13-8-14(27-2)10-15(9-13)28-3/h8-10,12,26H,4-7,11H2,1-3H3,(H,20,22)(H,24,25). The Morgan fingerprint density at radius 3 is 2.14 bits per heavy atom. The van der Waals surface area contributed by atoms with Crippen LogP contribution in [-0.4, -0.2) is 72.4 Å². The third kappa shape index (κ3) is 5.13. The molecule has 1 aromatic carbocycles. The fourth-order valence-corrected chi connectivity index (χ4v) is 2.94. The number of aliphatic hydroxyl groups is 1. The maximum atomic E-state index is 12.8. The predicted octanol–water partition coefficient (Wildman–Crippen LogP) is 0.508. The summed E-state index contributed by atoms with van der Waals surface area (Å²) in [5.41, 5.74) is -1.57. The molecular formula is C19H26N2O7. The van der Waals surface area contributed by atoms with Crippen LogP contribution in [0.5, 0.6) is 11.5 Å². The van der Waals surface area contributed by atoms with Crippen molar-refractivity contribution in [1.82, 2.24) is 10.2 Å². The van der Waals surface area contributed by atoms with Gasteiger partial charge in [0.2, 0.25) is 5.91 Å². The third-order valence-corrected chi connectivity index (χ3v) is 4.82. The van der Waals surface area contributed by atoms with Crippen LogP contribution in [0.25, 0.3) is 0 Å². The van der Waals surface area contributed by atoms with Crippen molar-refractivity contribution in [3.05, 3.63) is 23.8 Å². The van der Waals surface area contributed by atoms with Crippen molar-refractivity contribution in [3.8, 4) is 11.5 Å². The number of benzene rings is 1. The maximum absolute atomic E-state index is 12.8. The van der Waals surface area contributed by atoms with Gasteiger partial charge in [0.15, 0.2) is 5.60 Å². The molecule has 0 saturated carbocycles. The lowest BCUT2D eigenvalue weighted by molar-refractivity contribution is -0.156. The van der Waals surface area contributed by atoms with E-state index in [4.69, 9.17) is 14.6 Å². The van der Waals surface area contributed by atoms with Gasteiger partial charge in [0.1, 0.15) is 11.5 Å². The molecule has 1 heterocycles. The molecule has 0 bridgehead atoms. The first kappa shape index (κ1) is 21.5. The van der Waals surface area contributed by atoms with Gasteiger partial charge in [0.05, 0.1) is 20.8 Å². The largest absolute Gasteiger partial charge is 0.497 e. The molecule has 3 N–H and O–H groups in total. The summed E-state index contributed by atoms with van der Waals surface area (Å²) in [4.78, 5) is 37.5. The summed E-state index contributed by atoms with van der Waals surface area (Å²) in [5, 5.41) is 21.0. The van der Waals surface area contributed by atoms with Crippen molar-refractivity contribution in [2.45, 2.75) is 25.4 Å². The highest BCUT2D eigenvalue weighted by Gasteiger charge is 2.33. The quantitative estimate of drug-likeness (QED) is 0.615. The number of nitrogens with zero attached hydrogens (tertiary/aromatic N) is 1. The lowest BCUT2D eigenvalue weighted by Gasteiger charge is -2.32. The maximum Gasteiger partial charge on any atom is 0.337 e. The van der Waals surface area contributed by atoms with Crippen molar-refractivity contribution in [2.24, 2.45) is 5.92 Å². The smallest absolute Gasteiger partial charge is 0.337 e. The molecule has 0 radical (unpaired) electrons. The Labute approximate surface area is 163 Å². The number of likely N-dealkylation sites (tertiary alicyclic amines) is 1. The van der Waals surface area contributed by atoms with E-state index >= 15 is 0 Å². The SMILES string of the molecule is COc1cc(OC)cc(C(=O)N2CCC(C(=O)NCC(C)(O)C(=O)O)CC2)c1. The highest BCUT2D eigenvalue weighted by atomic mass is 16.5. The Balaban J connectivity index is 1.93. The number of carboxylic acid groups (broad SMARTS) is 1. The van der Waals surface area contributed by atoms with Gasteiger partial charge < -0.3 is 29.9 Å². The van der Waals surface area contributed by atoms with Crippen LogP contribution in [0.3, 0.4) is 0 Å². The monoisotopic (exact) mass is 394 g/mol. The molecule has 28 heavy (non-hydrogen) atoms. The normalized spacial score (nSPS) is 16.8.